The van der Waals surface area contributed by atoms with Crippen molar-refractivity contribution in [3.8, 4) is 0 Å². The van der Waals surface area contributed by atoms with E-state index in [2.05, 4.69) is 50.4 Å². The van der Waals surface area contributed by atoms with E-state index >= 15 is 0 Å². The van der Waals surface area contributed by atoms with E-state index in [1.54, 1.807) is 0 Å². The van der Waals surface area contributed by atoms with Crippen molar-refractivity contribution < 1.29 is 4.79 Å². The van der Waals surface area contributed by atoms with Crippen LogP contribution in [0.15, 0.2) is 0 Å². The average Bonchev–Trinajstić information content (AvgIpc) is 2.24. The quantitative estimate of drug-likeness (QED) is 0.776. The van der Waals surface area contributed by atoms with Gasteiger partial charge in [-0.1, -0.05) is 13.8 Å². The van der Waals surface area contributed by atoms with E-state index in [1.807, 2.05) is 0 Å². The third-order valence-corrected chi connectivity index (χ3v) is 3.42. The molecule has 0 aromatic carbocycles. The monoisotopic (exact) mass is 255 g/mol. The van der Waals surface area contributed by atoms with Crippen LogP contribution >= 0.6 is 0 Å². The molecule has 1 aliphatic heterocycles. The second kappa shape index (κ2) is 6.53. The average molecular weight is 255 g/mol. The number of hydrogen-bond donors (Lipinski definition) is 2. The van der Waals surface area contributed by atoms with Crippen LogP contribution in [0.3, 0.4) is 0 Å². The molecule has 2 unspecified atom stereocenters. The standard InChI is InChI=1S/C14H29N3O/c1-11-7-6-8-12(16-11)13(18)15-9-14(2,3)10-17(4)5/h11-12,16H,6-10H2,1-5H3,(H,15,18). The predicted molar refractivity (Wildman–Crippen MR) is 75.6 cm³/mol. The van der Waals surface area contributed by atoms with Gasteiger partial charge in [-0.2, -0.15) is 0 Å². The Morgan fingerprint density at radius 3 is 2.61 bits per heavy atom. The van der Waals surface area contributed by atoms with Gasteiger partial charge in [0, 0.05) is 19.1 Å². The maximum Gasteiger partial charge on any atom is 0.237 e. The van der Waals surface area contributed by atoms with Crippen LogP contribution in [0, 0.1) is 5.41 Å². The maximum atomic E-state index is 12.1. The molecule has 18 heavy (non-hydrogen) atoms. The fourth-order valence-corrected chi connectivity index (χ4v) is 2.71. The molecule has 1 amide bonds. The highest BCUT2D eigenvalue weighted by atomic mass is 16.2. The number of carbonyl (C=O) groups is 1. The fourth-order valence-electron chi connectivity index (χ4n) is 2.71. The van der Waals surface area contributed by atoms with Crippen LogP contribution < -0.4 is 10.6 Å². The van der Waals surface area contributed by atoms with Crippen molar-refractivity contribution in [1.82, 2.24) is 15.5 Å². The molecule has 0 radical (unpaired) electrons. The second-order valence-corrected chi connectivity index (χ2v) is 6.67. The zero-order valence-corrected chi connectivity index (χ0v) is 12.5. The molecule has 1 saturated heterocycles. The first kappa shape index (κ1) is 15.4. The zero-order valence-electron chi connectivity index (χ0n) is 12.5. The Balaban J connectivity index is 2.36. The molecule has 2 atom stereocenters. The van der Waals surface area contributed by atoms with Gasteiger partial charge in [-0.3, -0.25) is 4.79 Å². The van der Waals surface area contributed by atoms with E-state index in [0.717, 1.165) is 25.9 Å². The van der Waals surface area contributed by atoms with Crippen LogP contribution in [0.4, 0.5) is 0 Å². The summed E-state index contributed by atoms with van der Waals surface area (Å²) in [5.41, 5.74) is 0.111. The summed E-state index contributed by atoms with van der Waals surface area (Å²) >= 11 is 0. The highest BCUT2D eigenvalue weighted by Gasteiger charge is 2.26. The molecule has 0 spiro atoms. The van der Waals surface area contributed by atoms with Crippen molar-refractivity contribution in [2.75, 3.05) is 27.2 Å². The molecule has 0 aromatic rings. The minimum absolute atomic E-state index is 0.00362. The molecule has 2 N–H and O–H groups in total. The molecular weight excluding hydrogens is 226 g/mol. The first-order valence-electron chi connectivity index (χ1n) is 6.99. The molecule has 0 aromatic heterocycles. The SMILES string of the molecule is CC1CCCC(C(=O)NCC(C)(C)CN(C)C)N1. The topological polar surface area (TPSA) is 44.4 Å². The van der Waals surface area contributed by atoms with E-state index < -0.39 is 0 Å². The van der Waals surface area contributed by atoms with Crippen molar-refractivity contribution >= 4 is 5.91 Å². The molecule has 106 valence electrons. The van der Waals surface area contributed by atoms with Gasteiger partial charge >= 0.3 is 0 Å². The highest BCUT2D eigenvalue weighted by Crippen LogP contribution is 2.16. The number of nitrogens with one attached hydrogen (secondary N) is 2. The molecule has 1 aliphatic rings. The Morgan fingerprint density at radius 1 is 1.39 bits per heavy atom. The zero-order chi connectivity index (χ0) is 13.8. The first-order valence-corrected chi connectivity index (χ1v) is 6.99. The molecule has 0 saturated carbocycles. The minimum atomic E-state index is 0.00362. The molecule has 4 heteroatoms. The van der Waals surface area contributed by atoms with Gasteiger partial charge in [0.05, 0.1) is 6.04 Å². The largest absolute Gasteiger partial charge is 0.354 e. The van der Waals surface area contributed by atoms with Crippen LogP contribution in [0.2, 0.25) is 0 Å². The molecule has 0 bridgehead atoms. The normalized spacial score (nSPS) is 25.2. The Bertz CT molecular complexity index is 276. The van der Waals surface area contributed by atoms with Crippen molar-refractivity contribution in [3.63, 3.8) is 0 Å². The Labute approximate surface area is 111 Å². The molecule has 1 rings (SSSR count). The number of carbonyl (C=O) groups excluding carboxylic acids is 1. The lowest BCUT2D eigenvalue weighted by Crippen LogP contribution is -2.52. The summed E-state index contributed by atoms with van der Waals surface area (Å²) in [5.74, 6) is 0.161. The summed E-state index contributed by atoms with van der Waals surface area (Å²) in [6.07, 6.45) is 3.29. The molecule has 4 nitrogen and oxygen atoms in total. The molecule has 1 heterocycles. The minimum Gasteiger partial charge on any atom is -0.354 e. The summed E-state index contributed by atoms with van der Waals surface area (Å²) in [6.45, 7) is 8.22. The van der Waals surface area contributed by atoms with Gasteiger partial charge in [-0.05, 0) is 45.7 Å². The number of rotatable bonds is 5. The first-order chi connectivity index (χ1) is 8.30. The third kappa shape index (κ3) is 5.36. The van der Waals surface area contributed by atoms with Gasteiger partial charge in [0.15, 0.2) is 0 Å². The lowest BCUT2D eigenvalue weighted by molar-refractivity contribution is -0.124. The highest BCUT2D eigenvalue weighted by molar-refractivity contribution is 5.81. The number of piperidine rings is 1. The van der Waals surface area contributed by atoms with Gasteiger partial charge in [0.1, 0.15) is 0 Å². The Morgan fingerprint density at radius 2 is 2.06 bits per heavy atom. The van der Waals surface area contributed by atoms with Crippen molar-refractivity contribution in [3.05, 3.63) is 0 Å². The van der Waals surface area contributed by atoms with Crippen molar-refractivity contribution in [2.45, 2.75) is 52.1 Å². The van der Waals surface area contributed by atoms with E-state index in [9.17, 15) is 4.79 Å². The van der Waals surface area contributed by atoms with Gasteiger partial charge in [-0.25, -0.2) is 0 Å². The summed E-state index contributed by atoms with van der Waals surface area (Å²) < 4.78 is 0. The van der Waals surface area contributed by atoms with Gasteiger partial charge < -0.3 is 15.5 Å². The Hall–Kier alpha value is -0.610. The molecule has 0 aliphatic carbocycles. The van der Waals surface area contributed by atoms with Gasteiger partial charge in [-0.15, -0.1) is 0 Å². The second-order valence-electron chi connectivity index (χ2n) is 6.67. The third-order valence-electron chi connectivity index (χ3n) is 3.42. The van der Waals surface area contributed by atoms with Crippen LogP contribution in [0.5, 0.6) is 0 Å². The summed E-state index contributed by atoms with van der Waals surface area (Å²) in [5, 5.41) is 6.46. The molecule has 1 fully saturated rings. The van der Waals surface area contributed by atoms with Crippen LogP contribution in [-0.2, 0) is 4.79 Å². The van der Waals surface area contributed by atoms with E-state index in [-0.39, 0.29) is 17.4 Å². The lowest BCUT2D eigenvalue weighted by Gasteiger charge is -2.31. The summed E-state index contributed by atoms with van der Waals surface area (Å²) in [6, 6.07) is 0.466. The summed E-state index contributed by atoms with van der Waals surface area (Å²) in [4.78, 5) is 14.2. The smallest absolute Gasteiger partial charge is 0.237 e. The van der Waals surface area contributed by atoms with Gasteiger partial charge in [0.25, 0.3) is 0 Å². The maximum absolute atomic E-state index is 12.1. The van der Waals surface area contributed by atoms with Crippen molar-refractivity contribution in [2.24, 2.45) is 5.41 Å². The summed E-state index contributed by atoms with van der Waals surface area (Å²) in [7, 11) is 4.13. The van der Waals surface area contributed by atoms with Crippen LogP contribution in [0.25, 0.3) is 0 Å². The number of amides is 1. The Kier molecular flexibility index (Phi) is 5.60. The van der Waals surface area contributed by atoms with Crippen LogP contribution in [0.1, 0.15) is 40.0 Å². The van der Waals surface area contributed by atoms with Gasteiger partial charge in [0.2, 0.25) is 5.91 Å². The predicted octanol–water partition coefficient (Wildman–Crippen LogP) is 1.22. The molecular formula is C14H29N3O. The number of nitrogens with zero attached hydrogens (tertiary/aromatic N) is 1. The van der Waals surface area contributed by atoms with E-state index in [1.165, 1.54) is 6.42 Å². The lowest BCUT2D eigenvalue weighted by atomic mass is 9.92. The fraction of sp³-hybridized carbons (Fsp3) is 0.929. The number of hydrogen-bond acceptors (Lipinski definition) is 3. The van der Waals surface area contributed by atoms with Crippen molar-refractivity contribution in [1.29, 1.82) is 0 Å². The van der Waals surface area contributed by atoms with E-state index in [0.29, 0.717) is 6.04 Å². The van der Waals surface area contributed by atoms with E-state index in [4.69, 9.17) is 0 Å². The van der Waals surface area contributed by atoms with Crippen LogP contribution in [-0.4, -0.2) is 50.1 Å².